The quantitative estimate of drug-likeness (QED) is 0.610. The first-order valence-electron chi connectivity index (χ1n) is 5.78. The van der Waals surface area contributed by atoms with E-state index in [1.807, 2.05) is 13.8 Å². The highest BCUT2D eigenvalue weighted by Gasteiger charge is 2.27. The lowest BCUT2D eigenvalue weighted by Crippen LogP contribution is -2.31. The number of carbonyl (C=O) groups excluding carboxylic acids is 2. The number of hydrogen-bond donors (Lipinski definition) is 0. The molecule has 19 heavy (non-hydrogen) atoms. The summed E-state index contributed by atoms with van der Waals surface area (Å²) in [5.74, 6) is 2.37. The van der Waals surface area contributed by atoms with Crippen molar-refractivity contribution in [2.45, 2.75) is 13.8 Å². The molecule has 4 nitrogen and oxygen atoms in total. The lowest BCUT2D eigenvalue weighted by molar-refractivity contribution is -0.120. The van der Waals surface area contributed by atoms with Gasteiger partial charge in [0.15, 0.2) is 0 Å². The minimum atomic E-state index is -0.325. The van der Waals surface area contributed by atoms with Crippen molar-refractivity contribution in [3.63, 3.8) is 0 Å². The maximum absolute atomic E-state index is 11.7. The van der Waals surface area contributed by atoms with Gasteiger partial charge in [-0.15, -0.1) is 6.42 Å². The highest BCUT2D eigenvalue weighted by molar-refractivity contribution is 6.28. The van der Waals surface area contributed by atoms with Crippen LogP contribution < -0.4 is 9.64 Å². The average Bonchev–Trinajstić information content (AvgIpc) is 2.67. The van der Waals surface area contributed by atoms with Gasteiger partial charge < -0.3 is 4.74 Å². The smallest absolute Gasteiger partial charge is 0.258 e. The second-order valence-corrected chi connectivity index (χ2v) is 4.24. The molecule has 0 aromatic heterocycles. The van der Waals surface area contributed by atoms with E-state index < -0.39 is 0 Å². The van der Waals surface area contributed by atoms with Crippen LogP contribution >= 0.6 is 0 Å². The third-order valence-corrected chi connectivity index (χ3v) is 2.82. The summed E-state index contributed by atoms with van der Waals surface area (Å²) < 4.78 is 5.35. The fraction of sp³-hybridized carbons (Fsp3) is 0.200. The zero-order valence-corrected chi connectivity index (χ0v) is 10.8. The Morgan fingerprint density at radius 2 is 1.68 bits per heavy atom. The summed E-state index contributed by atoms with van der Waals surface area (Å²) in [7, 11) is 0. The highest BCUT2D eigenvalue weighted by atomic mass is 16.5. The lowest BCUT2D eigenvalue weighted by atomic mass is 10.1. The molecule has 0 radical (unpaired) electrons. The van der Waals surface area contributed by atoms with E-state index in [-0.39, 0.29) is 18.4 Å². The molecule has 4 heteroatoms. The molecule has 1 aliphatic heterocycles. The predicted octanol–water partition coefficient (Wildman–Crippen LogP) is 1.74. The summed E-state index contributed by atoms with van der Waals surface area (Å²) in [5.41, 5.74) is 2.18. The van der Waals surface area contributed by atoms with Crippen LogP contribution in [0.4, 0.5) is 5.69 Å². The number of anilines is 1. The molecular formula is C15H13NO3. The van der Waals surface area contributed by atoms with Crippen molar-refractivity contribution >= 4 is 17.5 Å². The van der Waals surface area contributed by atoms with Crippen LogP contribution in [0.2, 0.25) is 0 Å². The Labute approximate surface area is 111 Å². The Hall–Kier alpha value is -2.54. The van der Waals surface area contributed by atoms with Gasteiger partial charge in [0.05, 0.1) is 5.69 Å². The summed E-state index contributed by atoms with van der Waals surface area (Å²) in [4.78, 5) is 24.6. The number of benzene rings is 1. The molecule has 0 fully saturated rings. The summed E-state index contributed by atoms with van der Waals surface area (Å²) in [6.45, 7) is 3.83. The summed E-state index contributed by atoms with van der Waals surface area (Å²) in [5, 5.41) is 0. The fourth-order valence-electron chi connectivity index (χ4n) is 2.10. The zero-order chi connectivity index (χ0) is 14.0. The second kappa shape index (κ2) is 4.99. The Bertz CT molecular complexity index is 582. The van der Waals surface area contributed by atoms with E-state index in [9.17, 15) is 9.59 Å². The fourth-order valence-corrected chi connectivity index (χ4v) is 2.10. The average molecular weight is 255 g/mol. The number of hydrogen-bond acceptors (Lipinski definition) is 3. The molecule has 0 saturated carbocycles. The first-order chi connectivity index (χ1) is 9.04. The van der Waals surface area contributed by atoms with Crippen molar-refractivity contribution in [1.29, 1.82) is 0 Å². The number of aryl methyl sites for hydroxylation is 2. The number of rotatable bonds is 3. The van der Waals surface area contributed by atoms with Crippen LogP contribution in [-0.4, -0.2) is 18.4 Å². The van der Waals surface area contributed by atoms with Crippen molar-refractivity contribution < 1.29 is 14.3 Å². The van der Waals surface area contributed by atoms with Crippen LogP contribution in [0.1, 0.15) is 11.1 Å². The Kier molecular flexibility index (Phi) is 3.39. The number of terminal acetylenes is 1. The van der Waals surface area contributed by atoms with Gasteiger partial charge in [-0.05, 0) is 37.1 Å². The van der Waals surface area contributed by atoms with Crippen LogP contribution in [0.25, 0.3) is 0 Å². The molecule has 0 N–H and O–H groups in total. The van der Waals surface area contributed by atoms with E-state index in [0.717, 1.165) is 16.0 Å². The second-order valence-electron chi connectivity index (χ2n) is 4.24. The van der Waals surface area contributed by atoms with Crippen molar-refractivity contribution in [2.24, 2.45) is 0 Å². The van der Waals surface area contributed by atoms with E-state index >= 15 is 0 Å². The van der Waals surface area contributed by atoms with Gasteiger partial charge in [0, 0.05) is 12.2 Å². The molecule has 1 aromatic carbocycles. The molecule has 0 bridgehead atoms. The van der Waals surface area contributed by atoms with Crippen molar-refractivity contribution in [2.75, 3.05) is 11.5 Å². The third-order valence-electron chi connectivity index (χ3n) is 2.82. The van der Waals surface area contributed by atoms with Crippen LogP contribution in [0.5, 0.6) is 5.75 Å². The van der Waals surface area contributed by atoms with E-state index in [1.165, 1.54) is 12.2 Å². The molecule has 1 aliphatic rings. The van der Waals surface area contributed by atoms with Gasteiger partial charge in [0.25, 0.3) is 11.8 Å². The van der Waals surface area contributed by atoms with Crippen molar-refractivity contribution in [3.8, 4) is 18.1 Å². The Morgan fingerprint density at radius 3 is 2.16 bits per heavy atom. The van der Waals surface area contributed by atoms with Crippen molar-refractivity contribution in [1.82, 2.24) is 0 Å². The highest BCUT2D eigenvalue weighted by Crippen LogP contribution is 2.31. The van der Waals surface area contributed by atoms with Crippen LogP contribution in [-0.2, 0) is 9.59 Å². The Morgan fingerprint density at radius 1 is 1.16 bits per heavy atom. The Balaban J connectivity index is 2.40. The zero-order valence-electron chi connectivity index (χ0n) is 10.8. The maximum Gasteiger partial charge on any atom is 0.258 e. The number of amides is 2. The van der Waals surface area contributed by atoms with Gasteiger partial charge in [-0.2, -0.15) is 0 Å². The lowest BCUT2D eigenvalue weighted by Gasteiger charge is -2.20. The van der Waals surface area contributed by atoms with E-state index in [2.05, 4.69) is 5.92 Å². The van der Waals surface area contributed by atoms with Gasteiger partial charge in [-0.1, -0.05) is 5.92 Å². The number of ether oxygens (including phenoxy) is 1. The third kappa shape index (κ3) is 2.36. The van der Waals surface area contributed by atoms with Gasteiger partial charge in [0.1, 0.15) is 12.4 Å². The van der Waals surface area contributed by atoms with E-state index in [4.69, 9.17) is 11.2 Å². The minimum absolute atomic E-state index is 0.182. The van der Waals surface area contributed by atoms with Crippen LogP contribution in [0, 0.1) is 26.2 Å². The van der Waals surface area contributed by atoms with E-state index in [0.29, 0.717) is 11.4 Å². The molecule has 0 atom stereocenters. The molecule has 2 rings (SSSR count). The molecule has 1 aromatic rings. The van der Waals surface area contributed by atoms with Gasteiger partial charge in [-0.3, -0.25) is 9.59 Å². The maximum atomic E-state index is 11.7. The molecule has 1 heterocycles. The van der Waals surface area contributed by atoms with Crippen molar-refractivity contribution in [3.05, 3.63) is 35.4 Å². The summed E-state index contributed by atoms with van der Waals surface area (Å²) >= 11 is 0. The number of nitrogens with zero attached hydrogens (tertiary/aromatic N) is 1. The van der Waals surface area contributed by atoms with Gasteiger partial charge in [-0.25, -0.2) is 4.90 Å². The molecule has 2 amide bonds. The summed E-state index contributed by atoms with van der Waals surface area (Å²) in [6.07, 6.45) is 7.67. The first-order valence-corrected chi connectivity index (χ1v) is 5.78. The topological polar surface area (TPSA) is 46.6 Å². The SMILES string of the molecule is C#CCOc1cc(C)c(N2C(=O)C=CC2=O)c(C)c1. The van der Waals surface area contributed by atoms with Crippen LogP contribution in [0.3, 0.4) is 0 Å². The first kappa shape index (κ1) is 12.9. The predicted molar refractivity (Wildman–Crippen MR) is 71.9 cm³/mol. The van der Waals surface area contributed by atoms with Gasteiger partial charge >= 0.3 is 0 Å². The molecule has 0 aliphatic carbocycles. The molecule has 0 spiro atoms. The van der Waals surface area contributed by atoms with Crippen LogP contribution in [0.15, 0.2) is 24.3 Å². The molecule has 0 saturated heterocycles. The molecule has 96 valence electrons. The largest absolute Gasteiger partial charge is 0.481 e. The summed E-state index contributed by atoms with van der Waals surface area (Å²) in [6, 6.07) is 3.52. The van der Waals surface area contributed by atoms with Gasteiger partial charge in [0.2, 0.25) is 0 Å². The van der Waals surface area contributed by atoms with E-state index in [1.54, 1.807) is 12.1 Å². The number of imide groups is 1. The standard InChI is InChI=1S/C15H13NO3/c1-4-7-19-12-8-10(2)15(11(3)9-12)16-13(17)5-6-14(16)18/h1,5-6,8-9H,7H2,2-3H3. The molecular weight excluding hydrogens is 242 g/mol. The number of carbonyl (C=O) groups is 2. The normalized spacial score (nSPS) is 13.8. The monoisotopic (exact) mass is 255 g/mol. The molecule has 0 unspecified atom stereocenters. The minimum Gasteiger partial charge on any atom is -0.481 e.